The Morgan fingerprint density at radius 1 is 1.17 bits per heavy atom. The highest BCUT2D eigenvalue weighted by Crippen LogP contribution is 2.33. The number of aryl methyl sites for hydroxylation is 3. The molecule has 3 aromatic heterocycles. The summed E-state index contributed by atoms with van der Waals surface area (Å²) in [6.45, 7) is 5.35. The summed E-state index contributed by atoms with van der Waals surface area (Å²) >= 11 is 0. The lowest BCUT2D eigenvalue weighted by Gasteiger charge is -2.09. The second-order valence-electron chi connectivity index (χ2n) is 7.24. The van der Waals surface area contributed by atoms with Gasteiger partial charge in [-0.25, -0.2) is 18.4 Å². The molecule has 0 fully saturated rings. The fourth-order valence-corrected chi connectivity index (χ4v) is 3.60. The van der Waals surface area contributed by atoms with Crippen LogP contribution in [0.2, 0.25) is 0 Å². The number of alkyl halides is 2. The van der Waals surface area contributed by atoms with Gasteiger partial charge in [0.25, 0.3) is 6.43 Å². The molecule has 1 N–H and O–H groups in total. The van der Waals surface area contributed by atoms with E-state index in [-0.39, 0.29) is 34.7 Å². The summed E-state index contributed by atoms with van der Waals surface area (Å²) in [5.74, 6) is 0.0390. The molecule has 0 aliphatic rings. The van der Waals surface area contributed by atoms with Gasteiger partial charge in [0.1, 0.15) is 12.2 Å². The number of carbonyl (C=O) groups excluding carboxylic acids is 1. The predicted octanol–water partition coefficient (Wildman–Crippen LogP) is 5.19. The Hall–Kier alpha value is -3.55. The van der Waals surface area contributed by atoms with E-state index in [1.54, 1.807) is 19.1 Å². The van der Waals surface area contributed by atoms with E-state index in [1.165, 1.54) is 17.0 Å². The molecule has 3 heterocycles. The lowest BCUT2D eigenvalue weighted by molar-refractivity contribution is -0.116. The van der Waals surface area contributed by atoms with Crippen LogP contribution in [0.25, 0.3) is 22.5 Å². The third kappa shape index (κ3) is 3.80. The maximum Gasteiger partial charge on any atom is 0.264 e. The fraction of sp³-hybridized carbons (Fsp3) is 0.227. The smallest absolute Gasteiger partial charge is 0.264 e. The number of halogens is 2. The number of benzene rings is 1. The van der Waals surface area contributed by atoms with Gasteiger partial charge in [0.15, 0.2) is 11.4 Å². The first kappa shape index (κ1) is 19.8. The number of anilines is 1. The lowest BCUT2D eigenvalue weighted by atomic mass is 10.1. The van der Waals surface area contributed by atoms with Crippen molar-refractivity contribution in [2.45, 2.75) is 33.7 Å². The van der Waals surface area contributed by atoms with Crippen LogP contribution in [-0.2, 0) is 11.3 Å². The zero-order valence-electron chi connectivity index (χ0n) is 16.7. The Kier molecular flexibility index (Phi) is 5.07. The standard InChI is InChI=1S/C22H20F2N4O2/c1-12-7-13(2)9-15(8-12)25-19(29)11-28-22-20(14(3)27-28)16(21(23)24)10-17(26-22)18-5-4-6-30-18/h4-10,21H,11H2,1-3H3,(H,25,29). The number of nitrogens with one attached hydrogen (secondary N) is 1. The highest BCUT2D eigenvalue weighted by atomic mass is 19.3. The van der Waals surface area contributed by atoms with E-state index in [2.05, 4.69) is 15.4 Å². The molecule has 0 aliphatic carbocycles. The molecular formula is C22H20F2N4O2. The Morgan fingerprint density at radius 2 is 1.90 bits per heavy atom. The maximum atomic E-state index is 13.8. The lowest BCUT2D eigenvalue weighted by Crippen LogP contribution is -2.20. The first-order valence-corrected chi connectivity index (χ1v) is 9.40. The molecule has 4 aromatic rings. The van der Waals surface area contributed by atoms with Gasteiger partial charge in [-0.3, -0.25) is 4.79 Å². The van der Waals surface area contributed by atoms with Gasteiger partial charge in [-0.2, -0.15) is 5.10 Å². The minimum atomic E-state index is -2.72. The van der Waals surface area contributed by atoms with Crippen LogP contribution >= 0.6 is 0 Å². The number of aromatic nitrogens is 3. The van der Waals surface area contributed by atoms with E-state index < -0.39 is 6.43 Å². The topological polar surface area (TPSA) is 73.0 Å². The molecule has 0 atom stereocenters. The molecular weight excluding hydrogens is 390 g/mol. The maximum absolute atomic E-state index is 13.8. The Morgan fingerprint density at radius 3 is 2.53 bits per heavy atom. The molecule has 0 saturated carbocycles. The number of furan rings is 1. The molecule has 8 heteroatoms. The Balaban J connectivity index is 1.72. The van der Waals surface area contributed by atoms with Gasteiger partial charge in [-0.05, 0) is 62.2 Å². The summed E-state index contributed by atoms with van der Waals surface area (Å²) in [6, 6.07) is 10.3. The number of carbonyl (C=O) groups is 1. The fourth-order valence-electron chi connectivity index (χ4n) is 3.60. The SMILES string of the molecule is Cc1cc(C)cc(NC(=O)Cn2nc(C)c3c(C(F)F)cc(-c4ccco4)nc32)c1. The second-order valence-corrected chi connectivity index (χ2v) is 7.24. The Bertz CT molecular complexity index is 1210. The van der Waals surface area contributed by atoms with E-state index in [0.29, 0.717) is 17.1 Å². The van der Waals surface area contributed by atoms with Gasteiger partial charge in [0.05, 0.1) is 17.3 Å². The van der Waals surface area contributed by atoms with Crippen LogP contribution in [0, 0.1) is 20.8 Å². The number of hydrogen-bond donors (Lipinski definition) is 1. The van der Waals surface area contributed by atoms with Crippen LogP contribution in [0.3, 0.4) is 0 Å². The number of pyridine rings is 1. The van der Waals surface area contributed by atoms with Gasteiger partial charge in [-0.15, -0.1) is 0 Å². The van der Waals surface area contributed by atoms with Gasteiger partial charge < -0.3 is 9.73 Å². The monoisotopic (exact) mass is 410 g/mol. The van der Waals surface area contributed by atoms with Gasteiger partial charge >= 0.3 is 0 Å². The van der Waals surface area contributed by atoms with Crippen molar-refractivity contribution < 1.29 is 18.0 Å². The van der Waals surface area contributed by atoms with Crippen molar-refractivity contribution in [2.24, 2.45) is 0 Å². The van der Waals surface area contributed by atoms with E-state index in [4.69, 9.17) is 4.42 Å². The van der Waals surface area contributed by atoms with E-state index >= 15 is 0 Å². The van der Waals surface area contributed by atoms with Crippen molar-refractivity contribution in [3.8, 4) is 11.5 Å². The van der Waals surface area contributed by atoms with Gasteiger partial charge in [0, 0.05) is 11.3 Å². The first-order chi connectivity index (χ1) is 14.3. The molecule has 0 spiro atoms. The predicted molar refractivity (Wildman–Crippen MR) is 109 cm³/mol. The largest absolute Gasteiger partial charge is 0.463 e. The summed E-state index contributed by atoms with van der Waals surface area (Å²) in [5, 5.41) is 7.38. The summed E-state index contributed by atoms with van der Waals surface area (Å²) in [4.78, 5) is 17.1. The number of amides is 1. The molecule has 1 aromatic carbocycles. The van der Waals surface area contributed by atoms with Gasteiger partial charge in [-0.1, -0.05) is 6.07 Å². The van der Waals surface area contributed by atoms with E-state index in [0.717, 1.165) is 11.1 Å². The number of rotatable bonds is 5. The van der Waals surface area contributed by atoms with E-state index in [1.807, 2.05) is 32.0 Å². The summed E-state index contributed by atoms with van der Waals surface area (Å²) in [6.07, 6.45) is -1.27. The zero-order valence-corrected chi connectivity index (χ0v) is 16.7. The summed E-state index contributed by atoms with van der Waals surface area (Å²) < 4.78 is 34.2. The third-order valence-electron chi connectivity index (χ3n) is 4.72. The van der Waals surface area contributed by atoms with Crippen LogP contribution in [0.4, 0.5) is 14.5 Å². The summed E-state index contributed by atoms with van der Waals surface area (Å²) in [7, 11) is 0. The molecule has 0 bridgehead atoms. The van der Waals surface area contributed by atoms with Crippen molar-refractivity contribution in [1.29, 1.82) is 0 Å². The minimum absolute atomic E-state index is 0.158. The second kappa shape index (κ2) is 7.70. The average Bonchev–Trinajstić information content (AvgIpc) is 3.29. The van der Waals surface area contributed by atoms with Crippen molar-refractivity contribution in [2.75, 3.05) is 5.32 Å². The molecule has 0 radical (unpaired) electrons. The molecule has 154 valence electrons. The van der Waals surface area contributed by atoms with Crippen molar-refractivity contribution in [3.63, 3.8) is 0 Å². The molecule has 4 rings (SSSR count). The van der Waals surface area contributed by atoms with Crippen molar-refractivity contribution in [3.05, 3.63) is 65.0 Å². The Labute approximate surface area is 171 Å². The molecule has 0 unspecified atom stereocenters. The highest BCUT2D eigenvalue weighted by Gasteiger charge is 2.22. The molecule has 0 aliphatic heterocycles. The molecule has 6 nitrogen and oxygen atoms in total. The normalized spacial score (nSPS) is 11.4. The quantitative estimate of drug-likeness (QED) is 0.491. The molecule has 0 saturated heterocycles. The van der Waals surface area contributed by atoms with E-state index in [9.17, 15) is 13.6 Å². The van der Waals surface area contributed by atoms with Gasteiger partial charge in [0.2, 0.25) is 5.91 Å². The zero-order chi connectivity index (χ0) is 21.4. The van der Waals surface area contributed by atoms with Crippen LogP contribution < -0.4 is 5.32 Å². The van der Waals surface area contributed by atoms with Crippen LogP contribution in [0.15, 0.2) is 47.1 Å². The third-order valence-corrected chi connectivity index (χ3v) is 4.72. The number of nitrogens with zero attached hydrogens (tertiary/aromatic N) is 3. The summed E-state index contributed by atoms with van der Waals surface area (Å²) in [5.41, 5.74) is 3.39. The number of fused-ring (bicyclic) bond motifs is 1. The molecule has 1 amide bonds. The van der Waals surface area contributed by atoms with Crippen molar-refractivity contribution >= 4 is 22.6 Å². The number of hydrogen-bond acceptors (Lipinski definition) is 4. The van der Waals surface area contributed by atoms with Crippen LogP contribution in [0.5, 0.6) is 0 Å². The first-order valence-electron chi connectivity index (χ1n) is 9.40. The van der Waals surface area contributed by atoms with Crippen molar-refractivity contribution in [1.82, 2.24) is 14.8 Å². The average molecular weight is 410 g/mol. The van der Waals surface area contributed by atoms with Crippen LogP contribution in [-0.4, -0.2) is 20.7 Å². The molecule has 30 heavy (non-hydrogen) atoms. The van der Waals surface area contributed by atoms with Crippen LogP contribution in [0.1, 0.15) is 28.8 Å². The minimum Gasteiger partial charge on any atom is -0.463 e. The highest BCUT2D eigenvalue weighted by molar-refractivity contribution is 5.92.